The highest BCUT2D eigenvalue weighted by molar-refractivity contribution is 7.12. The van der Waals surface area contributed by atoms with Gasteiger partial charge < -0.3 is 4.74 Å². The Morgan fingerprint density at radius 1 is 1.24 bits per heavy atom. The number of carbonyl (C=O) groups excluding carboxylic acids is 1. The van der Waals surface area contributed by atoms with Gasteiger partial charge in [-0.15, -0.1) is 11.3 Å². The van der Waals surface area contributed by atoms with Crippen molar-refractivity contribution in [3.05, 3.63) is 21.9 Å². The zero-order valence-electron chi connectivity index (χ0n) is 10.8. The predicted octanol–water partition coefficient (Wildman–Crippen LogP) is 4.57. The normalized spacial score (nSPS) is 10.5. The van der Waals surface area contributed by atoms with Gasteiger partial charge in [0.15, 0.2) is 0 Å². The van der Waals surface area contributed by atoms with Gasteiger partial charge in [-0.1, -0.05) is 39.0 Å². The van der Waals surface area contributed by atoms with Crippen LogP contribution in [-0.2, 0) is 4.74 Å². The summed E-state index contributed by atoms with van der Waals surface area (Å²) in [7, 11) is 0. The highest BCUT2D eigenvalue weighted by atomic mass is 32.1. The molecule has 3 heteroatoms. The summed E-state index contributed by atoms with van der Waals surface area (Å²) in [6.07, 6.45) is 7.29. The summed E-state index contributed by atoms with van der Waals surface area (Å²) >= 11 is 1.46. The minimum Gasteiger partial charge on any atom is -0.462 e. The molecule has 1 aromatic rings. The topological polar surface area (TPSA) is 26.3 Å². The molecule has 0 unspecified atom stereocenters. The Balaban J connectivity index is 2.07. The first-order valence-electron chi connectivity index (χ1n) is 6.47. The molecule has 1 rings (SSSR count). The number of aryl methyl sites for hydroxylation is 1. The van der Waals surface area contributed by atoms with E-state index in [1.807, 2.05) is 18.4 Å². The monoisotopic (exact) mass is 254 g/mol. The van der Waals surface area contributed by atoms with Crippen LogP contribution in [0.1, 0.15) is 60.7 Å². The fourth-order valence-electron chi connectivity index (χ4n) is 1.69. The lowest BCUT2D eigenvalue weighted by Crippen LogP contribution is -2.05. The molecule has 0 saturated heterocycles. The summed E-state index contributed by atoms with van der Waals surface area (Å²) in [5.41, 5.74) is 1.02. The molecule has 0 aliphatic rings. The fraction of sp³-hybridized carbons (Fsp3) is 0.643. The van der Waals surface area contributed by atoms with Crippen molar-refractivity contribution in [2.45, 2.75) is 52.4 Å². The van der Waals surface area contributed by atoms with Crippen LogP contribution in [0.4, 0.5) is 0 Å². The Bertz CT molecular complexity index is 331. The Labute approximate surface area is 108 Å². The maximum absolute atomic E-state index is 11.6. The Morgan fingerprint density at radius 3 is 2.59 bits per heavy atom. The number of esters is 1. The molecular formula is C14H22O2S. The van der Waals surface area contributed by atoms with Gasteiger partial charge in [-0.2, -0.15) is 0 Å². The molecule has 0 atom stereocenters. The Morgan fingerprint density at radius 2 is 1.94 bits per heavy atom. The first-order valence-corrected chi connectivity index (χ1v) is 7.35. The van der Waals surface area contributed by atoms with Gasteiger partial charge in [-0.05, 0) is 30.4 Å². The highest BCUT2D eigenvalue weighted by Gasteiger charge is 2.10. The number of thiophene rings is 1. The van der Waals surface area contributed by atoms with Crippen molar-refractivity contribution in [1.82, 2.24) is 0 Å². The summed E-state index contributed by atoms with van der Waals surface area (Å²) < 4.78 is 5.25. The molecule has 0 fully saturated rings. The molecule has 0 aliphatic heterocycles. The summed E-state index contributed by atoms with van der Waals surface area (Å²) in [5.74, 6) is -0.161. The van der Waals surface area contributed by atoms with E-state index >= 15 is 0 Å². The molecule has 0 N–H and O–H groups in total. The van der Waals surface area contributed by atoms with Crippen molar-refractivity contribution < 1.29 is 9.53 Å². The lowest BCUT2D eigenvalue weighted by atomic mass is 10.1. The van der Waals surface area contributed by atoms with Crippen molar-refractivity contribution in [2.24, 2.45) is 0 Å². The average Bonchev–Trinajstić information content (AvgIpc) is 2.74. The van der Waals surface area contributed by atoms with Gasteiger partial charge in [0.1, 0.15) is 4.88 Å². The lowest BCUT2D eigenvalue weighted by molar-refractivity contribution is 0.0502. The summed E-state index contributed by atoms with van der Waals surface area (Å²) in [5, 5.41) is 1.93. The summed E-state index contributed by atoms with van der Waals surface area (Å²) in [6, 6.07) is 1.95. The van der Waals surface area contributed by atoms with Crippen LogP contribution in [0, 0.1) is 6.92 Å². The van der Waals surface area contributed by atoms with E-state index in [2.05, 4.69) is 6.92 Å². The highest BCUT2D eigenvalue weighted by Crippen LogP contribution is 2.16. The van der Waals surface area contributed by atoms with E-state index in [1.54, 1.807) is 0 Å². The van der Waals surface area contributed by atoms with E-state index in [9.17, 15) is 4.79 Å². The van der Waals surface area contributed by atoms with Crippen LogP contribution < -0.4 is 0 Å². The van der Waals surface area contributed by atoms with Gasteiger partial charge >= 0.3 is 5.97 Å². The maximum atomic E-state index is 11.6. The average molecular weight is 254 g/mol. The van der Waals surface area contributed by atoms with Crippen molar-refractivity contribution >= 4 is 17.3 Å². The first-order chi connectivity index (χ1) is 8.25. The van der Waals surface area contributed by atoms with Gasteiger partial charge in [-0.3, -0.25) is 0 Å². The second kappa shape index (κ2) is 8.29. The third-order valence-corrected chi connectivity index (χ3v) is 3.78. The number of hydrogen-bond acceptors (Lipinski definition) is 3. The third-order valence-electron chi connectivity index (χ3n) is 2.78. The van der Waals surface area contributed by atoms with Crippen molar-refractivity contribution in [2.75, 3.05) is 6.61 Å². The van der Waals surface area contributed by atoms with Crippen molar-refractivity contribution in [1.29, 1.82) is 0 Å². The molecule has 0 spiro atoms. The molecule has 2 nitrogen and oxygen atoms in total. The van der Waals surface area contributed by atoms with Gasteiger partial charge in [0, 0.05) is 0 Å². The molecule has 0 aromatic carbocycles. The molecule has 0 bridgehead atoms. The standard InChI is InChI=1S/C14H22O2S/c1-3-4-5-6-7-8-10-16-14(15)13-12(2)9-11-17-13/h9,11H,3-8,10H2,1-2H3. The van der Waals surface area contributed by atoms with E-state index < -0.39 is 0 Å². The van der Waals surface area contributed by atoms with Crippen LogP contribution in [0.2, 0.25) is 0 Å². The SMILES string of the molecule is CCCCCCCCOC(=O)c1sccc1C. The van der Waals surface area contributed by atoms with Gasteiger partial charge in [0.25, 0.3) is 0 Å². The van der Waals surface area contributed by atoms with Gasteiger partial charge in [-0.25, -0.2) is 4.79 Å². The van der Waals surface area contributed by atoms with Crippen LogP contribution in [0.3, 0.4) is 0 Å². The van der Waals surface area contributed by atoms with Crippen LogP contribution in [-0.4, -0.2) is 12.6 Å². The second-order valence-electron chi connectivity index (χ2n) is 4.34. The van der Waals surface area contributed by atoms with Crippen LogP contribution in [0.25, 0.3) is 0 Å². The van der Waals surface area contributed by atoms with E-state index in [-0.39, 0.29) is 5.97 Å². The fourth-order valence-corrected chi connectivity index (χ4v) is 2.51. The predicted molar refractivity (Wildman–Crippen MR) is 72.7 cm³/mol. The molecule has 0 aliphatic carbocycles. The molecule has 17 heavy (non-hydrogen) atoms. The van der Waals surface area contributed by atoms with Gasteiger partial charge in [0.05, 0.1) is 6.61 Å². The third kappa shape index (κ3) is 5.35. The van der Waals surface area contributed by atoms with Crippen LogP contribution in [0.15, 0.2) is 11.4 Å². The number of rotatable bonds is 8. The zero-order valence-corrected chi connectivity index (χ0v) is 11.6. The van der Waals surface area contributed by atoms with Crippen LogP contribution in [0.5, 0.6) is 0 Å². The Kier molecular flexibility index (Phi) is 6.94. The molecular weight excluding hydrogens is 232 g/mol. The molecule has 0 saturated carbocycles. The zero-order chi connectivity index (χ0) is 12.5. The molecule has 0 amide bonds. The molecule has 1 aromatic heterocycles. The second-order valence-corrected chi connectivity index (χ2v) is 5.25. The van der Waals surface area contributed by atoms with E-state index in [0.29, 0.717) is 6.61 Å². The van der Waals surface area contributed by atoms with Gasteiger partial charge in [0.2, 0.25) is 0 Å². The van der Waals surface area contributed by atoms with Crippen molar-refractivity contribution in [3.8, 4) is 0 Å². The van der Waals surface area contributed by atoms with E-state index in [1.165, 1.54) is 37.0 Å². The number of unbranched alkanes of at least 4 members (excludes halogenated alkanes) is 5. The number of ether oxygens (including phenoxy) is 1. The summed E-state index contributed by atoms with van der Waals surface area (Å²) in [4.78, 5) is 12.4. The van der Waals surface area contributed by atoms with Crippen molar-refractivity contribution in [3.63, 3.8) is 0 Å². The lowest BCUT2D eigenvalue weighted by Gasteiger charge is -2.04. The number of carbonyl (C=O) groups is 1. The molecule has 1 heterocycles. The minimum absolute atomic E-state index is 0.161. The van der Waals surface area contributed by atoms with E-state index in [4.69, 9.17) is 4.74 Å². The largest absolute Gasteiger partial charge is 0.462 e. The number of hydrogen-bond donors (Lipinski definition) is 0. The van der Waals surface area contributed by atoms with E-state index in [0.717, 1.165) is 23.3 Å². The van der Waals surface area contributed by atoms with Crippen LogP contribution >= 0.6 is 11.3 Å². The quantitative estimate of drug-likeness (QED) is 0.501. The first kappa shape index (κ1) is 14.2. The molecule has 96 valence electrons. The smallest absolute Gasteiger partial charge is 0.348 e. The Hall–Kier alpha value is -0.830. The molecule has 0 radical (unpaired) electrons. The maximum Gasteiger partial charge on any atom is 0.348 e. The minimum atomic E-state index is -0.161. The summed E-state index contributed by atoms with van der Waals surface area (Å²) in [6.45, 7) is 4.71.